The van der Waals surface area contributed by atoms with E-state index in [9.17, 15) is 19.5 Å². The number of H-pyrrole nitrogens is 1. The van der Waals surface area contributed by atoms with Gasteiger partial charge in [0.2, 0.25) is 0 Å². The summed E-state index contributed by atoms with van der Waals surface area (Å²) in [6, 6.07) is 2.07. The summed E-state index contributed by atoms with van der Waals surface area (Å²) < 4.78 is 20.0. The number of aromatic nitrogens is 1. The fourth-order valence-corrected chi connectivity index (χ4v) is 3.55. The minimum Gasteiger partial charge on any atom is -0.495 e. The maximum atomic E-state index is 12.6. The molecule has 0 amide bonds. The molecule has 1 aromatic heterocycles. The first-order valence-electron chi connectivity index (χ1n) is 9.98. The lowest BCUT2D eigenvalue weighted by atomic mass is 9.81. The molecule has 2 unspecified atom stereocenters. The number of aromatic amines is 1. The summed E-state index contributed by atoms with van der Waals surface area (Å²) in [7, 11) is 3.72. The molecule has 0 radical (unpaired) electrons. The highest BCUT2D eigenvalue weighted by molar-refractivity contribution is 6.03. The Balaban J connectivity index is 0.00000176. The van der Waals surface area contributed by atoms with E-state index in [1.165, 1.54) is 26.4 Å². The van der Waals surface area contributed by atoms with Crippen LogP contribution in [0.15, 0.2) is 24.8 Å². The predicted molar refractivity (Wildman–Crippen MR) is 117 cm³/mol. The number of ether oxygens (including phenoxy) is 4. The fourth-order valence-electron chi connectivity index (χ4n) is 3.55. The molecule has 2 atom stereocenters. The molecule has 32 heavy (non-hydrogen) atoms. The number of carbonyl (C=O) groups excluding carboxylic acids is 3. The molecule has 3 rings (SSSR count). The quantitative estimate of drug-likeness (QED) is 0.345. The maximum absolute atomic E-state index is 12.6. The van der Waals surface area contributed by atoms with Crippen LogP contribution in [0, 0.1) is 0 Å². The van der Waals surface area contributed by atoms with Crippen LogP contribution >= 0.6 is 0 Å². The van der Waals surface area contributed by atoms with Gasteiger partial charge in [-0.25, -0.2) is 14.4 Å². The summed E-state index contributed by atoms with van der Waals surface area (Å²) in [5.74, 6) is -2.04. The summed E-state index contributed by atoms with van der Waals surface area (Å²) in [6.07, 6.45) is 1.08. The van der Waals surface area contributed by atoms with E-state index in [0.29, 0.717) is 10.9 Å². The largest absolute Gasteiger partial charge is 0.495 e. The monoisotopic (exact) mass is 448 g/mol. The van der Waals surface area contributed by atoms with Crippen LogP contribution in [0.1, 0.15) is 36.3 Å². The van der Waals surface area contributed by atoms with Crippen molar-refractivity contribution in [2.45, 2.75) is 31.9 Å². The van der Waals surface area contributed by atoms with Gasteiger partial charge >= 0.3 is 17.9 Å². The first-order chi connectivity index (χ1) is 15.3. The number of aliphatic hydroxyl groups is 1. The highest BCUT2D eigenvalue weighted by atomic mass is 16.5. The van der Waals surface area contributed by atoms with Gasteiger partial charge in [0.1, 0.15) is 24.1 Å². The maximum Gasteiger partial charge on any atom is 0.355 e. The van der Waals surface area contributed by atoms with E-state index in [-0.39, 0.29) is 35.7 Å². The number of esters is 3. The van der Waals surface area contributed by atoms with Crippen LogP contribution in [-0.2, 0) is 29.4 Å². The van der Waals surface area contributed by atoms with Crippen molar-refractivity contribution < 1.29 is 38.4 Å². The molecule has 0 aliphatic carbocycles. The lowest BCUT2D eigenvalue weighted by Gasteiger charge is -2.37. The van der Waals surface area contributed by atoms with Crippen molar-refractivity contribution in [3.63, 3.8) is 0 Å². The fraction of sp³-hybridized carbons (Fsp3) is 0.409. The molecule has 3 N–H and O–H groups in total. The van der Waals surface area contributed by atoms with Gasteiger partial charge in [0.05, 0.1) is 32.5 Å². The molecule has 0 saturated heterocycles. The molecule has 1 aromatic carbocycles. The summed E-state index contributed by atoms with van der Waals surface area (Å²) in [6.45, 7) is 7.51. The van der Waals surface area contributed by atoms with Crippen LogP contribution in [0.5, 0.6) is 5.75 Å². The average Bonchev–Trinajstić information content (AvgIpc) is 3.25. The molecule has 0 bridgehead atoms. The standard InChI is InChI=1S/C20H22N2O8.C2H6/c1-5-6-30-18(24)11-7-10-8-13(27-2)16-14(15(10)21-11)20(26,19(25)29-4)9-12(22-16)17(23)28-3;1-2/h5,7-8,12,21-22,26H,1,6,9H2,2-4H3;1-2H3. The third kappa shape index (κ3) is 4.26. The van der Waals surface area contributed by atoms with E-state index in [1.807, 2.05) is 13.8 Å². The van der Waals surface area contributed by atoms with Gasteiger partial charge in [-0.15, -0.1) is 0 Å². The van der Waals surface area contributed by atoms with E-state index in [4.69, 9.17) is 18.9 Å². The Morgan fingerprint density at radius 2 is 1.91 bits per heavy atom. The van der Waals surface area contributed by atoms with Crippen molar-refractivity contribution in [3.8, 4) is 5.75 Å². The van der Waals surface area contributed by atoms with Gasteiger partial charge in [-0.05, 0) is 12.1 Å². The normalized spacial score (nSPS) is 18.9. The Hall–Kier alpha value is -3.53. The van der Waals surface area contributed by atoms with Crippen molar-refractivity contribution in [1.29, 1.82) is 0 Å². The van der Waals surface area contributed by atoms with Crippen LogP contribution in [-0.4, -0.2) is 62.0 Å². The summed E-state index contributed by atoms with van der Waals surface area (Å²) in [5.41, 5.74) is -1.53. The second-order valence-corrected chi connectivity index (χ2v) is 6.64. The van der Waals surface area contributed by atoms with Crippen molar-refractivity contribution in [3.05, 3.63) is 36.0 Å². The smallest absolute Gasteiger partial charge is 0.355 e. The summed E-state index contributed by atoms with van der Waals surface area (Å²) >= 11 is 0. The summed E-state index contributed by atoms with van der Waals surface area (Å²) in [4.78, 5) is 39.9. The zero-order chi connectivity index (χ0) is 24.1. The Morgan fingerprint density at radius 1 is 1.22 bits per heavy atom. The number of anilines is 1. The first-order valence-corrected chi connectivity index (χ1v) is 9.98. The van der Waals surface area contributed by atoms with Crippen molar-refractivity contribution in [1.82, 2.24) is 4.98 Å². The minimum absolute atomic E-state index is 0.0179. The van der Waals surface area contributed by atoms with Crippen LogP contribution in [0.2, 0.25) is 0 Å². The number of methoxy groups -OCH3 is 3. The van der Waals surface area contributed by atoms with E-state index in [0.717, 1.165) is 7.11 Å². The summed E-state index contributed by atoms with van der Waals surface area (Å²) in [5, 5.41) is 14.8. The van der Waals surface area contributed by atoms with Crippen LogP contribution in [0.4, 0.5) is 5.69 Å². The van der Waals surface area contributed by atoms with E-state index in [2.05, 4.69) is 16.9 Å². The van der Waals surface area contributed by atoms with Gasteiger partial charge in [0.25, 0.3) is 0 Å². The molecule has 1 aliphatic rings. The second-order valence-electron chi connectivity index (χ2n) is 6.64. The van der Waals surface area contributed by atoms with Gasteiger partial charge in [0.15, 0.2) is 5.60 Å². The molecule has 174 valence electrons. The molecular formula is C22H28N2O8. The highest BCUT2D eigenvalue weighted by Gasteiger charge is 2.50. The highest BCUT2D eigenvalue weighted by Crippen LogP contribution is 2.47. The van der Waals surface area contributed by atoms with Gasteiger partial charge in [0, 0.05) is 17.4 Å². The third-order valence-corrected chi connectivity index (χ3v) is 4.89. The number of hydrogen-bond donors (Lipinski definition) is 3. The molecule has 0 saturated carbocycles. The van der Waals surface area contributed by atoms with Crippen LogP contribution < -0.4 is 10.1 Å². The zero-order valence-corrected chi connectivity index (χ0v) is 18.7. The number of nitrogens with one attached hydrogen (secondary N) is 2. The number of hydrogen-bond acceptors (Lipinski definition) is 9. The molecule has 10 nitrogen and oxygen atoms in total. The molecule has 10 heteroatoms. The van der Waals surface area contributed by atoms with Gasteiger partial charge in [-0.3, -0.25) is 0 Å². The van der Waals surface area contributed by atoms with Crippen molar-refractivity contribution >= 4 is 34.5 Å². The Labute approximate surface area is 185 Å². The van der Waals surface area contributed by atoms with Gasteiger partial charge in [-0.1, -0.05) is 26.5 Å². The Morgan fingerprint density at radius 3 is 2.47 bits per heavy atom. The SMILES string of the molecule is C=CCOC(=O)c1cc2cc(OC)c3c(c2[nH]1)C(O)(C(=O)OC)CC(C(=O)OC)N3.CC. The lowest BCUT2D eigenvalue weighted by Crippen LogP contribution is -2.49. The number of fused-ring (bicyclic) bond motifs is 3. The Kier molecular flexibility index (Phi) is 7.87. The van der Waals surface area contributed by atoms with E-state index in [1.54, 1.807) is 6.07 Å². The zero-order valence-electron chi connectivity index (χ0n) is 18.7. The third-order valence-electron chi connectivity index (χ3n) is 4.89. The molecule has 2 heterocycles. The topological polar surface area (TPSA) is 136 Å². The molecule has 1 aliphatic heterocycles. The van der Waals surface area contributed by atoms with Crippen molar-refractivity contribution in [2.75, 3.05) is 33.3 Å². The molecule has 2 aromatic rings. The second kappa shape index (κ2) is 10.2. The molecular weight excluding hydrogens is 420 g/mol. The van der Waals surface area contributed by atoms with Gasteiger partial charge in [-0.2, -0.15) is 0 Å². The Bertz CT molecular complexity index is 1030. The minimum atomic E-state index is -2.21. The number of benzene rings is 1. The molecule has 0 fully saturated rings. The average molecular weight is 448 g/mol. The molecule has 0 spiro atoms. The van der Waals surface area contributed by atoms with E-state index < -0.39 is 29.6 Å². The van der Waals surface area contributed by atoms with E-state index >= 15 is 0 Å². The lowest BCUT2D eigenvalue weighted by molar-refractivity contribution is -0.166. The first kappa shape index (κ1) is 24.7. The van der Waals surface area contributed by atoms with Crippen LogP contribution in [0.25, 0.3) is 10.9 Å². The van der Waals surface area contributed by atoms with Gasteiger partial charge < -0.3 is 34.4 Å². The number of rotatable bonds is 6. The number of carbonyl (C=O) groups is 3. The van der Waals surface area contributed by atoms with Crippen molar-refractivity contribution in [2.24, 2.45) is 0 Å². The predicted octanol–water partition coefficient (Wildman–Crippen LogP) is 2.26. The van der Waals surface area contributed by atoms with Crippen LogP contribution in [0.3, 0.4) is 0 Å².